The van der Waals surface area contributed by atoms with Crippen molar-refractivity contribution in [3.8, 4) is 11.6 Å². The molecule has 1 heterocycles. The van der Waals surface area contributed by atoms with Gasteiger partial charge in [-0.3, -0.25) is 0 Å². The number of rotatable bonds is 9. The zero-order valence-electron chi connectivity index (χ0n) is 16.8. The third kappa shape index (κ3) is 6.40. The van der Waals surface area contributed by atoms with E-state index in [1.165, 1.54) is 19.4 Å². The van der Waals surface area contributed by atoms with Gasteiger partial charge in [0.05, 0.1) is 31.6 Å². The zero-order valence-corrected chi connectivity index (χ0v) is 16.8. The number of nitrogens with zero attached hydrogens (tertiary/aromatic N) is 1. The third-order valence-corrected chi connectivity index (χ3v) is 4.17. The van der Waals surface area contributed by atoms with Crippen LogP contribution in [-0.4, -0.2) is 24.7 Å². The molecule has 152 valence electrons. The van der Waals surface area contributed by atoms with Crippen LogP contribution >= 0.6 is 0 Å². The lowest BCUT2D eigenvalue weighted by atomic mass is 10.1. The van der Waals surface area contributed by atoms with Gasteiger partial charge in [-0.25, -0.2) is 14.2 Å². The van der Waals surface area contributed by atoms with Gasteiger partial charge in [0, 0.05) is 11.6 Å². The molecule has 0 aliphatic rings. The number of methoxy groups -OCH3 is 1. The Morgan fingerprint density at radius 1 is 1.25 bits per heavy atom. The predicted molar refractivity (Wildman–Crippen MR) is 107 cm³/mol. The molecule has 0 bridgehead atoms. The highest BCUT2D eigenvalue weighted by atomic mass is 19.1. The van der Waals surface area contributed by atoms with Crippen LogP contribution in [0, 0.1) is 11.7 Å². The van der Waals surface area contributed by atoms with E-state index in [4.69, 9.17) is 9.47 Å². The summed E-state index contributed by atoms with van der Waals surface area (Å²) in [7, 11) is 1.51. The topological polar surface area (TPSA) is 72.5 Å². The fraction of sp³-hybridized carbons (Fsp3) is 0.429. The van der Waals surface area contributed by atoms with E-state index in [2.05, 4.69) is 29.5 Å². The molecule has 0 aliphatic carbocycles. The number of anilines is 1. The second-order valence-corrected chi connectivity index (χ2v) is 6.96. The van der Waals surface area contributed by atoms with Gasteiger partial charge in [0.2, 0.25) is 0 Å². The minimum absolute atomic E-state index is 0.357. The third-order valence-electron chi connectivity index (χ3n) is 4.17. The SMILES string of the molecule is COc1ncc(NC(=O)NC(C)c2ccccc2F)cc1OCCCC(C)C. The minimum Gasteiger partial charge on any atom is -0.488 e. The number of carbonyl (C=O) groups excluding carboxylic acids is 1. The number of amides is 2. The standard InChI is InChI=1S/C21H28FN3O3/c1-14(2)8-7-11-28-19-12-16(13-23-20(19)27-4)25-21(26)24-15(3)17-9-5-6-10-18(17)22/h5-6,9-10,12-15H,7-8,11H2,1-4H3,(H2,24,25,26). The number of nitrogens with one attached hydrogen (secondary N) is 2. The van der Waals surface area contributed by atoms with Gasteiger partial charge in [-0.05, 0) is 31.7 Å². The van der Waals surface area contributed by atoms with E-state index in [1.54, 1.807) is 31.2 Å². The summed E-state index contributed by atoms with van der Waals surface area (Å²) in [6.45, 7) is 6.57. The molecule has 0 aliphatic heterocycles. The van der Waals surface area contributed by atoms with Crippen LogP contribution in [-0.2, 0) is 0 Å². The van der Waals surface area contributed by atoms with Gasteiger partial charge >= 0.3 is 6.03 Å². The van der Waals surface area contributed by atoms with Crippen molar-refractivity contribution in [2.45, 2.75) is 39.7 Å². The number of hydrogen-bond acceptors (Lipinski definition) is 4. The van der Waals surface area contributed by atoms with Crippen molar-refractivity contribution in [3.05, 3.63) is 47.9 Å². The molecule has 1 unspecified atom stereocenters. The summed E-state index contributed by atoms with van der Waals surface area (Å²) in [5, 5.41) is 5.40. The number of pyridine rings is 1. The predicted octanol–water partition coefficient (Wildman–Crippen LogP) is 4.93. The molecule has 2 amide bonds. The molecule has 28 heavy (non-hydrogen) atoms. The van der Waals surface area contributed by atoms with Crippen LogP contribution < -0.4 is 20.1 Å². The molecular weight excluding hydrogens is 361 g/mol. The average molecular weight is 389 g/mol. The average Bonchev–Trinajstić information content (AvgIpc) is 2.65. The van der Waals surface area contributed by atoms with Crippen molar-refractivity contribution in [2.24, 2.45) is 5.92 Å². The number of benzene rings is 1. The molecule has 0 fully saturated rings. The lowest BCUT2D eigenvalue weighted by Crippen LogP contribution is -2.31. The summed E-state index contributed by atoms with van der Waals surface area (Å²) >= 11 is 0. The first kappa shape index (κ1) is 21.5. The highest BCUT2D eigenvalue weighted by Gasteiger charge is 2.14. The molecule has 2 rings (SSSR count). The van der Waals surface area contributed by atoms with Crippen LogP contribution in [0.2, 0.25) is 0 Å². The highest BCUT2D eigenvalue weighted by Crippen LogP contribution is 2.28. The van der Waals surface area contributed by atoms with Crippen LogP contribution in [0.15, 0.2) is 36.5 Å². The second kappa shape index (κ2) is 10.5. The van der Waals surface area contributed by atoms with Gasteiger partial charge in [-0.1, -0.05) is 32.0 Å². The molecule has 1 aromatic carbocycles. The lowest BCUT2D eigenvalue weighted by Gasteiger charge is -2.16. The summed E-state index contributed by atoms with van der Waals surface area (Å²) in [5.41, 5.74) is 0.873. The van der Waals surface area contributed by atoms with E-state index in [1.807, 2.05) is 0 Å². The molecule has 1 atom stereocenters. The molecule has 0 radical (unpaired) electrons. The van der Waals surface area contributed by atoms with Crippen LogP contribution in [0.25, 0.3) is 0 Å². The fourth-order valence-corrected chi connectivity index (χ4v) is 2.70. The van der Waals surface area contributed by atoms with Gasteiger partial charge in [0.15, 0.2) is 5.75 Å². The van der Waals surface area contributed by atoms with E-state index in [9.17, 15) is 9.18 Å². The minimum atomic E-state index is -0.487. The zero-order chi connectivity index (χ0) is 20.5. The normalized spacial score (nSPS) is 11.8. The van der Waals surface area contributed by atoms with Crippen LogP contribution in [0.4, 0.5) is 14.9 Å². The van der Waals surface area contributed by atoms with Crippen molar-refractivity contribution in [1.29, 1.82) is 0 Å². The second-order valence-electron chi connectivity index (χ2n) is 6.96. The fourth-order valence-electron chi connectivity index (χ4n) is 2.70. The van der Waals surface area contributed by atoms with Gasteiger partial charge < -0.3 is 20.1 Å². The van der Waals surface area contributed by atoms with Crippen molar-refractivity contribution in [3.63, 3.8) is 0 Å². The van der Waals surface area contributed by atoms with Crippen LogP contribution in [0.1, 0.15) is 45.2 Å². The number of halogens is 1. The number of carbonyl (C=O) groups is 1. The maximum absolute atomic E-state index is 13.8. The summed E-state index contributed by atoms with van der Waals surface area (Å²) in [6, 6.07) is 7.05. The summed E-state index contributed by atoms with van der Waals surface area (Å²) in [6.07, 6.45) is 3.45. The Bertz CT molecular complexity index is 783. The van der Waals surface area contributed by atoms with Gasteiger partial charge in [0.25, 0.3) is 5.88 Å². The Morgan fingerprint density at radius 3 is 2.68 bits per heavy atom. The van der Waals surface area contributed by atoms with E-state index < -0.39 is 12.1 Å². The Labute approximate surface area is 165 Å². The monoisotopic (exact) mass is 389 g/mol. The molecule has 0 saturated carbocycles. The van der Waals surface area contributed by atoms with E-state index in [0.29, 0.717) is 35.4 Å². The van der Waals surface area contributed by atoms with Crippen molar-refractivity contribution >= 4 is 11.7 Å². The molecule has 0 saturated heterocycles. The molecule has 2 N–H and O–H groups in total. The Kier molecular flexibility index (Phi) is 8.04. The quantitative estimate of drug-likeness (QED) is 0.597. The van der Waals surface area contributed by atoms with Crippen LogP contribution in [0.3, 0.4) is 0 Å². The molecule has 1 aromatic heterocycles. The number of aromatic nitrogens is 1. The lowest BCUT2D eigenvalue weighted by molar-refractivity contribution is 0.249. The van der Waals surface area contributed by atoms with Crippen molar-refractivity contribution in [2.75, 3.05) is 19.0 Å². The number of hydrogen-bond donors (Lipinski definition) is 2. The molecule has 0 spiro atoms. The maximum Gasteiger partial charge on any atom is 0.319 e. The van der Waals surface area contributed by atoms with E-state index in [-0.39, 0.29) is 5.82 Å². The first-order chi connectivity index (χ1) is 13.4. The molecule has 6 nitrogen and oxygen atoms in total. The van der Waals surface area contributed by atoms with Gasteiger partial charge in [0.1, 0.15) is 5.82 Å². The Balaban J connectivity index is 1.97. The maximum atomic E-state index is 13.8. The van der Waals surface area contributed by atoms with E-state index in [0.717, 1.165) is 12.8 Å². The first-order valence-electron chi connectivity index (χ1n) is 9.39. The summed E-state index contributed by atoms with van der Waals surface area (Å²) in [5.74, 6) is 1.07. The molecule has 7 heteroatoms. The molecule has 2 aromatic rings. The van der Waals surface area contributed by atoms with Crippen LogP contribution in [0.5, 0.6) is 11.6 Å². The summed E-state index contributed by atoms with van der Waals surface area (Å²) in [4.78, 5) is 16.4. The number of urea groups is 1. The van der Waals surface area contributed by atoms with Gasteiger partial charge in [-0.2, -0.15) is 0 Å². The molecular formula is C21H28FN3O3. The van der Waals surface area contributed by atoms with E-state index >= 15 is 0 Å². The first-order valence-corrected chi connectivity index (χ1v) is 9.39. The summed E-state index contributed by atoms with van der Waals surface area (Å²) < 4.78 is 24.8. The number of ether oxygens (including phenoxy) is 2. The Hall–Kier alpha value is -2.83. The smallest absolute Gasteiger partial charge is 0.319 e. The van der Waals surface area contributed by atoms with Gasteiger partial charge in [-0.15, -0.1) is 0 Å². The Morgan fingerprint density at radius 2 is 2.00 bits per heavy atom. The van der Waals surface area contributed by atoms with Crippen molar-refractivity contribution in [1.82, 2.24) is 10.3 Å². The largest absolute Gasteiger partial charge is 0.488 e. The van der Waals surface area contributed by atoms with Crippen molar-refractivity contribution < 1.29 is 18.7 Å². The highest BCUT2D eigenvalue weighted by molar-refractivity contribution is 5.89.